The van der Waals surface area contributed by atoms with Crippen LogP contribution in [-0.4, -0.2) is 28.9 Å². The molecule has 0 heterocycles. The number of fused-ring (bicyclic) bond motifs is 2. The molecule has 4 heteroatoms. The Balaban J connectivity index is 1.44. The second-order valence-corrected chi connectivity index (χ2v) is 10.8. The van der Waals surface area contributed by atoms with E-state index in [0.29, 0.717) is 25.2 Å². The number of aliphatic hydroxyl groups is 1. The number of carbonyl (C=O) groups excluding carboxylic acids is 1. The number of aromatic hydroxyl groups is 1. The summed E-state index contributed by atoms with van der Waals surface area (Å²) in [5.74, 6) is -0.942. The molecule has 0 amide bonds. The van der Waals surface area contributed by atoms with Gasteiger partial charge in [0.1, 0.15) is 11.5 Å². The Kier molecular flexibility index (Phi) is 5.73. The highest BCUT2D eigenvalue weighted by Gasteiger charge is 2.79. The first kappa shape index (κ1) is 23.3. The zero-order chi connectivity index (χ0) is 24.1. The lowest BCUT2D eigenvalue weighted by molar-refractivity contribution is -0.257. The van der Waals surface area contributed by atoms with Crippen molar-refractivity contribution in [3.8, 4) is 16.9 Å². The maximum Gasteiger partial charge on any atom is 0.185 e. The third kappa shape index (κ3) is 3.08. The van der Waals surface area contributed by atoms with Gasteiger partial charge >= 0.3 is 0 Å². The highest BCUT2D eigenvalue weighted by molar-refractivity contribution is 5.89. The quantitative estimate of drug-likeness (QED) is 0.389. The fourth-order valence-corrected chi connectivity index (χ4v) is 7.83. The van der Waals surface area contributed by atoms with Gasteiger partial charge in [-0.05, 0) is 66.8 Å². The first-order valence-electron chi connectivity index (χ1n) is 12.7. The molecule has 4 atom stereocenters. The first-order valence-corrected chi connectivity index (χ1v) is 12.7. The van der Waals surface area contributed by atoms with Crippen molar-refractivity contribution in [3.05, 3.63) is 66.2 Å². The summed E-state index contributed by atoms with van der Waals surface area (Å²) in [5.41, 5.74) is 2.68. The molecular formula is C30H36O4. The second-order valence-electron chi connectivity index (χ2n) is 10.8. The normalized spacial score (nSPS) is 33.0. The number of methoxy groups -OCH3 is 1. The Morgan fingerprint density at radius 1 is 1.09 bits per heavy atom. The molecular weight excluding hydrogens is 424 g/mol. The molecule has 2 aromatic carbocycles. The second kappa shape index (κ2) is 8.35. The van der Waals surface area contributed by atoms with Gasteiger partial charge in [-0.15, -0.1) is 0 Å². The van der Waals surface area contributed by atoms with Crippen LogP contribution in [0.3, 0.4) is 0 Å². The summed E-state index contributed by atoms with van der Waals surface area (Å²) in [6.07, 6.45) is 6.90. The van der Waals surface area contributed by atoms with Crippen LogP contribution in [0.5, 0.6) is 5.75 Å². The van der Waals surface area contributed by atoms with E-state index in [1.54, 1.807) is 19.2 Å². The van der Waals surface area contributed by atoms with Crippen LogP contribution < -0.4 is 0 Å². The van der Waals surface area contributed by atoms with E-state index < -0.39 is 16.6 Å². The Morgan fingerprint density at radius 3 is 2.44 bits per heavy atom. The maximum absolute atomic E-state index is 14.2. The minimum absolute atomic E-state index is 0.107. The lowest BCUT2D eigenvalue weighted by Crippen LogP contribution is -2.57. The summed E-state index contributed by atoms with van der Waals surface area (Å²) in [6, 6.07) is 15.4. The Hall–Kier alpha value is -2.43. The molecule has 2 aromatic rings. The third-order valence-electron chi connectivity index (χ3n) is 9.57. The van der Waals surface area contributed by atoms with E-state index in [4.69, 9.17) is 4.74 Å². The number of ketones is 1. The van der Waals surface area contributed by atoms with E-state index in [2.05, 4.69) is 19.6 Å². The summed E-state index contributed by atoms with van der Waals surface area (Å²) >= 11 is 0. The maximum atomic E-state index is 14.2. The van der Waals surface area contributed by atoms with Crippen LogP contribution in [0, 0.1) is 22.7 Å². The number of aryl methyl sites for hydroxylation is 1. The van der Waals surface area contributed by atoms with Gasteiger partial charge in [-0.3, -0.25) is 4.79 Å². The molecule has 0 unspecified atom stereocenters. The van der Waals surface area contributed by atoms with Gasteiger partial charge in [0.15, 0.2) is 5.79 Å². The predicted molar refractivity (Wildman–Crippen MR) is 133 cm³/mol. The highest BCUT2D eigenvalue weighted by Crippen LogP contribution is 2.75. The minimum Gasteiger partial charge on any atom is -0.508 e. The molecule has 3 saturated carbocycles. The summed E-state index contributed by atoms with van der Waals surface area (Å²) in [4.78, 5) is 14.2. The number of benzene rings is 2. The van der Waals surface area contributed by atoms with Gasteiger partial charge in [-0.2, -0.15) is 0 Å². The van der Waals surface area contributed by atoms with Crippen molar-refractivity contribution < 1.29 is 19.7 Å². The number of hydrogen-bond donors (Lipinski definition) is 2. The summed E-state index contributed by atoms with van der Waals surface area (Å²) in [7, 11) is 1.55. The van der Waals surface area contributed by atoms with E-state index in [1.165, 1.54) is 12.8 Å². The number of phenols is 1. The monoisotopic (exact) mass is 460 g/mol. The van der Waals surface area contributed by atoms with Crippen molar-refractivity contribution >= 4 is 5.78 Å². The molecule has 0 spiro atoms. The van der Waals surface area contributed by atoms with Crippen LogP contribution in [-0.2, 0) is 16.0 Å². The zero-order valence-electron chi connectivity index (χ0n) is 20.3. The van der Waals surface area contributed by atoms with Crippen molar-refractivity contribution in [1.29, 1.82) is 0 Å². The van der Waals surface area contributed by atoms with Crippen LogP contribution in [0.15, 0.2) is 60.7 Å². The van der Waals surface area contributed by atoms with E-state index in [9.17, 15) is 15.0 Å². The van der Waals surface area contributed by atoms with Crippen molar-refractivity contribution in [2.75, 3.05) is 7.11 Å². The lowest BCUT2D eigenvalue weighted by atomic mass is 9.53. The molecule has 0 aromatic heterocycles. The summed E-state index contributed by atoms with van der Waals surface area (Å²) in [6.45, 7) is 6.65. The lowest BCUT2D eigenvalue weighted by Gasteiger charge is -2.50. The van der Waals surface area contributed by atoms with Gasteiger partial charge < -0.3 is 14.9 Å². The van der Waals surface area contributed by atoms with Gasteiger partial charge in [0.2, 0.25) is 0 Å². The van der Waals surface area contributed by atoms with Crippen molar-refractivity contribution in [3.63, 3.8) is 0 Å². The molecule has 34 heavy (non-hydrogen) atoms. The fourth-order valence-electron chi connectivity index (χ4n) is 7.83. The molecule has 4 nitrogen and oxygen atoms in total. The third-order valence-corrected chi connectivity index (χ3v) is 9.57. The molecule has 5 rings (SSSR count). The largest absolute Gasteiger partial charge is 0.508 e. The smallest absolute Gasteiger partial charge is 0.185 e. The van der Waals surface area contributed by atoms with E-state index in [1.807, 2.05) is 30.3 Å². The standard InChI is InChI=1S/C30H36O4/c1-20-26-16-17-29(30(26,33)34-3,28(20,2)24-11-4-5-12-24)27(32)15-14-21-8-6-9-22(18-21)23-10-7-13-25(31)19-23/h6-10,13,18-19,24,26,31,33H,1,4-5,11-12,14-17H2,2-3H3/t26-,28+,29+,30+/m0/s1. The molecule has 2 N–H and O–H groups in total. The average Bonchev–Trinajstić information content (AvgIpc) is 3.52. The molecule has 0 radical (unpaired) electrons. The molecule has 0 aliphatic heterocycles. The number of ether oxygens (including phenoxy) is 1. The van der Waals surface area contributed by atoms with Crippen LogP contribution in [0.2, 0.25) is 0 Å². The van der Waals surface area contributed by atoms with Gasteiger partial charge in [-0.25, -0.2) is 0 Å². The topological polar surface area (TPSA) is 66.8 Å². The minimum atomic E-state index is -1.47. The number of rotatable bonds is 7. The SMILES string of the molecule is C=C1[C@@H]2CC[C@@](C(=O)CCc3cccc(-c4cccc(O)c4)c3)([C@@]1(C)C1CCCC1)[C@]2(O)OC. The molecule has 3 fully saturated rings. The van der Waals surface area contributed by atoms with E-state index in [0.717, 1.165) is 41.5 Å². The van der Waals surface area contributed by atoms with Crippen LogP contribution in [0.4, 0.5) is 0 Å². The summed E-state index contributed by atoms with van der Waals surface area (Å²) < 4.78 is 5.83. The van der Waals surface area contributed by atoms with Gasteiger partial charge in [0.25, 0.3) is 0 Å². The molecule has 180 valence electrons. The van der Waals surface area contributed by atoms with Crippen LogP contribution >= 0.6 is 0 Å². The Labute approximate surface area is 202 Å². The number of carbonyl (C=O) groups is 1. The predicted octanol–water partition coefficient (Wildman–Crippen LogP) is 6.06. The fraction of sp³-hybridized carbons (Fsp3) is 0.500. The van der Waals surface area contributed by atoms with Gasteiger partial charge in [-0.1, -0.05) is 68.3 Å². The molecule has 3 aliphatic rings. The Morgan fingerprint density at radius 2 is 1.76 bits per heavy atom. The van der Waals surface area contributed by atoms with Crippen molar-refractivity contribution in [1.82, 2.24) is 0 Å². The van der Waals surface area contributed by atoms with Gasteiger partial charge in [0, 0.05) is 24.9 Å². The number of Topliss-reactive ketones (excluding diaryl/α,β-unsaturated/α-hetero) is 1. The Bertz CT molecular complexity index is 1120. The molecule has 2 bridgehead atoms. The van der Waals surface area contributed by atoms with Crippen molar-refractivity contribution in [2.45, 2.75) is 64.1 Å². The zero-order valence-corrected chi connectivity index (χ0v) is 20.3. The van der Waals surface area contributed by atoms with Gasteiger partial charge in [0.05, 0.1) is 5.41 Å². The molecule has 3 aliphatic carbocycles. The number of phenolic OH excluding ortho intramolecular Hbond substituents is 1. The van der Waals surface area contributed by atoms with Crippen molar-refractivity contribution in [2.24, 2.45) is 22.7 Å². The van der Waals surface area contributed by atoms with E-state index in [-0.39, 0.29) is 17.5 Å². The highest BCUT2D eigenvalue weighted by atomic mass is 16.6. The average molecular weight is 461 g/mol. The van der Waals surface area contributed by atoms with Crippen LogP contribution in [0.1, 0.15) is 57.4 Å². The molecule has 0 saturated heterocycles. The van der Waals surface area contributed by atoms with E-state index >= 15 is 0 Å². The summed E-state index contributed by atoms with van der Waals surface area (Å²) in [5, 5.41) is 21.7. The number of hydrogen-bond acceptors (Lipinski definition) is 4. The first-order chi connectivity index (χ1) is 16.3. The van der Waals surface area contributed by atoms with Crippen LogP contribution in [0.25, 0.3) is 11.1 Å².